The molecule has 2 aliphatic heterocycles. The van der Waals surface area contributed by atoms with Gasteiger partial charge < -0.3 is 20.3 Å². The molecule has 2 saturated heterocycles. The van der Waals surface area contributed by atoms with Crippen molar-refractivity contribution in [2.75, 3.05) is 26.7 Å². The van der Waals surface area contributed by atoms with Gasteiger partial charge in [0.25, 0.3) is 0 Å². The Balaban J connectivity index is 0.00000225. The van der Waals surface area contributed by atoms with E-state index in [1.165, 1.54) is 38.8 Å². The first-order valence-corrected chi connectivity index (χ1v) is 9.79. The lowest BCUT2D eigenvalue weighted by Gasteiger charge is -2.60. The summed E-state index contributed by atoms with van der Waals surface area (Å²) in [5.74, 6) is 1.61. The van der Waals surface area contributed by atoms with Gasteiger partial charge in [-0.1, -0.05) is 13.8 Å². The molecule has 25 heavy (non-hydrogen) atoms. The molecule has 3 rings (SSSR count). The number of nitrogens with one attached hydrogen (secondary N) is 2. The molecule has 3 atom stereocenters. The number of piperidine rings is 1. The summed E-state index contributed by atoms with van der Waals surface area (Å²) in [5, 5.41) is 7.39. The third-order valence-electron chi connectivity index (χ3n) is 6.45. The summed E-state index contributed by atoms with van der Waals surface area (Å²) in [6.07, 6.45) is 5.27. The average Bonchev–Trinajstić information content (AvgIpc) is 2.58. The molecule has 0 radical (unpaired) electrons. The van der Waals surface area contributed by atoms with Crippen LogP contribution in [-0.4, -0.2) is 61.8 Å². The maximum absolute atomic E-state index is 6.02. The number of nitrogens with zero attached hydrogens (tertiary/aromatic N) is 2. The second kappa shape index (κ2) is 8.74. The summed E-state index contributed by atoms with van der Waals surface area (Å²) in [5.41, 5.74) is 0.184. The number of guanidine groups is 1. The Bertz CT molecular complexity index is 460. The van der Waals surface area contributed by atoms with Gasteiger partial charge in [-0.15, -0.1) is 24.0 Å². The van der Waals surface area contributed by atoms with Crippen molar-refractivity contribution in [3.8, 4) is 0 Å². The minimum absolute atomic E-state index is 0. The van der Waals surface area contributed by atoms with E-state index in [2.05, 4.69) is 48.2 Å². The Morgan fingerprint density at radius 2 is 1.84 bits per heavy atom. The first-order valence-electron chi connectivity index (χ1n) is 9.79. The van der Waals surface area contributed by atoms with Gasteiger partial charge >= 0.3 is 0 Å². The van der Waals surface area contributed by atoms with Crippen LogP contribution in [0.1, 0.15) is 53.4 Å². The van der Waals surface area contributed by atoms with E-state index in [-0.39, 0.29) is 29.4 Å². The second-order valence-corrected chi connectivity index (χ2v) is 8.66. The van der Waals surface area contributed by atoms with Gasteiger partial charge in [0.2, 0.25) is 0 Å². The predicted octanol–water partition coefficient (Wildman–Crippen LogP) is 2.85. The van der Waals surface area contributed by atoms with Crippen LogP contribution in [0.15, 0.2) is 4.99 Å². The summed E-state index contributed by atoms with van der Waals surface area (Å²) in [6, 6.07) is 1.65. The zero-order chi connectivity index (χ0) is 17.3. The van der Waals surface area contributed by atoms with Crippen molar-refractivity contribution in [3.63, 3.8) is 0 Å². The summed E-state index contributed by atoms with van der Waals surface area (Å²) in [7, 11) is 1.89. The Labute approximate surface area is 170 Å². The fourth-order valence-corrected chi connectivity index (χ4v) is 4.89. The highest BCUT2D eigenvalue weighted by molar-refractivity contribution is 14.0. The molecule has 0 amide bonds. The first-order chi connectivity index (χ1) is 11.4. The zero-order valence-corrected chi connectivity index (χ0v) is 18.9. The van der Waals surface area contributed by atoms with Crippen LogP contribution >= 0.6 is 24.0 Å². The number of halogens is 1. The van der Waals surface area contributed by atoms with Crippen molar-refractivity contribution in [3.05, 3.63) is 0 Å². The molecule has 3 aliphatic rings. The standard InChI is InChI=1S/C19H36N4O.HI/c1-13(2)23-10-8-14(9-11-23)21-18(20-5)22-16-15-7-6-12-24-17(15)19(16,3)4;/h13-17H,6-12H2,1-5H3,(H2,20,21,22);1H. The lowest BCUT2D eigenvalue weighted by Crippen LogP contribution is -2.71. The van der Waals surface area contributed by atoms with Gasteiger partial charge in [0.1, 0.15) is 0 Å². The molecule has 0 aromatic rings. The fourth-order valence-electron chi connectivity index (χ4n) is 4.89. The van der Waals surface area contributed by atoms with Crippen LogP contribution in [0.25, 0.3) is 0 Å². The quantitative estimate of drug-likeness (QED) is 0.383. The molecule has 3 fully saturated rings. The monoisotopic (exact) mass is 464 g/mol. The Morgan fingerprint density at radius 3 is 2.44 bits per heavy atom. The molecule has 2 N–H and O–H groups in total. The molecule has 2 heterocycles. The Morgan fingerprint density at radius 1 is 1.16 bits per heavy atom. The molecule has 146 valence electrons. The van der Waals surface area contributed by atoms with E-state index < -0.39 is 0 Å². The third-order valence-corrected chi connectivity index (χ3v) is 6.45. The summed E-state index contributed by atoms with van der Waals surface area (Å²) in [4.78, 5) is 7.06. The van der Waals surface area contributed by atoms with Crippen molar-refractivity contribution in [1.29, 1.82) is 0 Å². The molecule has 0 bridgehead atoms. The van der Waals surface area contributed by atoms with E-state index in [1.807, 2.05) is 7.05 Å². The van der Waals surface area contributed by atoms with Crippen molar-refractivity contribution in [2.24, 2.45) is 16.3 Å². The number of aliphatic imine (C=N–C) groups is 1. The molecule has 1 aliphatic carbocycles. The normalized spacial score (nSPS) is 33.2. The maximum atomic E-state index is 6.02. The zero-order valence-electron chi connectivity index (χ0n) is 16.5. The van der Waals surface area contributed by atoms with Crippen molar-refractivity contribution >= 4 is 29.9 Å². The van der Waals surface area contributed by atoms with E-state index in [0.717, 1.165) is 12.6 Å². The van der Waals surface area contributed by atoms with Crippen LogP contribution in [-0.2, 0) is 4.74 Å². The highest BCUT2D eigenvalue weighted by atomic mass is 127. The van der Waals surface area contributed by atoms with E-state index in [1.54, 1.807) is 0 Å². The summed E-state index contributed by atoms with van der Waals surface area (Å²) < 4.78 is 6.02. The molecular weight excluding hydrogens is 427 g/mol. The molecule has 0 aromatic carbocycles. The van der Waals surface area contributed by atoms with Gasteiger partial charge in [-0.3, -0.25) is 4.99 Å². The van der Waals surface area contributed by atoms with Gasteiger partial charge in [0, 0.05) is 56.2 Å². The van der Waals surface area contributed by atoms with Gasteiger partial charge in [-0.05, 0) is 39.5 Å². The van der Waals surface area contributed by atoms with E-state index in [0.29, 0.717) is 30.1 Å². The lowest BCUT2D eigenvalue weighted by molar-refractivity contribution is -0.188. The number of hydrogen-bond donors (Lipinski definition) is 2. The van der Waals surface area contributed by atoms with Crippen molar-refractivity contribution < 1.29 is 4.74 Å². The highest BCUT2D eigenvalue weighted by Gasteiger charge is 2.58. The predicted molar refractivity (Wildman–Crippen MR) is 115 cm³/mol. The SMILES string of the molecule is CN=C(NC1CCN(C(C)C)CC1)NC1C2CCCOC2C1(C)C.I. The van der Waals surface area contributed by atoms with Crippen LogP contribution in [0.5, 0.6) is 0 Å². The number of ether oxygens (including phenoxy) is 1. The van der Waals surface area contributed by atoms with E-state index >= 15 is 0 Å². The summed E-state index contributed by atoms with van der Waals surface area (Å²) >= 11 is 0. The Kier molecular flexibility index (Phi) is 7.42. The number of fused-ring (bicyclic) bond motifs is 1. The van der Waals surface area contributed by atoms with E-state index in [9.17, 15) is 0 Å². The minimum atomic E-state index is 0. The van der Waals surface area contributed by atoms with Crippen LogP contribution in [0.4, 0.5) is 0 Å². The Hall–Kier alpha value is -0.0800. The molecule has 6 heteroatoms. The summed E-state index contributed by atoms with van der Waals surface area (Å²) in [6.45, 7) is 12.5. The highest BCUT2D eigenvalue weighted by Crippen LogP contribution is 2.51. The second-order valence-electron chi connectivity index (χ2n) is 8.66. The third kappa shape index (κ3) is 4.43. The van der Waals surface area contributed by atoms with Gasteiger partial charge in [-0.25, -0.2) is 0 Å². The van der Waals surface area contributed by atoms with Gasteiger partial charge in [0.15, 0.2) is 5.96 Å². The van der Waals surface area contributed by atoms with Gasteiger partial charge in [-0.2, -0.15) is 0 Å². The smallest absolute Gasteiger partial charge is 0.191 e. The molecule has 1 saturated carbocycles. The number of hydrogen-bond acceptors (Lipinski definition) is 3. The number of likely N-dealkylation sites (tertiary alicyclic amines) is 1. The molecular formula is C19H37IN4O. The fraction of sp³-hybridized carbons (Fsp3) is 0.947. The van der Waals surface area contributed by atoms with Gasteiger partial charge in [0.05, 0.1) is 6.10 Å². The molecule has 3 unspecified atom stereocenters. The average molecular weight is 464 g/mol. The molecule has 5 nitrogen and oxygen atoms in total. The molecule has 0 spiro atoms. The maximum Gasteiger partial charge on any atom is 0.191 e. The van der Waals surface area contributed by atoms with Crippen molar-refractivity contribution in [2.45, 2.75) is 77.6 Å². The first kappa shape index (κ1) is 21.2. The van der Waals surface area contributed by atoms with Crippen LogP contribution in [0, 0.1) is 11.3 Å². The topological polar surface area (TPSA) is 48.9 Å². The van der Waals surface area contributed by atoms with Crippen LogP contribution < -0.4 is 10.6 Å². The largest absolute Gasteiger partial charge is 0.377 e. The molecule has 0 aromatic heterocycles. The van der Waals surface area contributed by atoms with E-state index in [4.69, 9.17) is 4.74 Å². The lowest BCUT2D eigenvalue weighted by atomic mass is 9.55. The van der Waals surface area contributed by atoms with Crippen LogP contribution in [0.3, 0.4) is 0 Å². The van der Waals surface area contributed by atoms with Crippen molar-refractivity contribution in [1.82, 2.24) is 15.5 Å². The number of rotatable bonds is 3. The minimum Gasteiger partial charge on any atom is -0.377 e. The van der Waals surface area contributed by atoms with Crippen LogP contribution in [0.2, 0.25) is 0 Å².